The van der Waals surface area contributed by atoms with Crippen molar-refractivity contribution >= 4 is 23.5 Å². The van der Waals surface area contributed by atoms with Crippen LogP contribution in [-0.2, 0) is 19.6 Å². The van der Waals surface area contributed by atoms with E-state index in [9.17, 15) is 33.4 Å². The highest BCUT2D eigenvalue weighted by Crippen LogP contribution is 2.30. The second kappa shape index (κ2) is 11.3. The first-order valence-electron chi connectivity index (χ1n) is 11.7. The van der Waals surface area contributed by atoms with Gasteiger partial charge in [-0.1, -0.05) is 29.8 Å². The van der Waals surface area contributed by atoms with Crippen LogP contribution < -0.4 is 11.2 Å². The van der Waals surface area contributed by atoms with Gasteiger partial charge in [0.25, 0.3) is 5.91 Å². The molecule has 0 bridgehead atoms. The number of aromatic nitrogens is 1. The molecule has 1 atom stereocenters. The molecule has 2 aromatic carbocycles. The first-order valence-corrected chi connectivity index (χ1v) is 12.1. The Bertz CT molecular complexity index is 1410. The molecule has 5 rings (SSSR count). The predicted molar refractivity (Wildman–Crippen MR) is 135 cm³/mol. The van der Waals surface area contributed by atoms with Crippen molar-refractivity contribution < 1.29 is 28.6 Å². The fraction of sp³-hybridized carbons (Fsp3) is 0.269. The summed E-state index contributed by atoms with van der Waals surface area (Å²) in [6.45, 7) is 1.74. The van der Waals surface area contributed by atoms with Crippen LogP contribution >= 0.6 is 11.6 Å². The highest BCUT2D eigenvalue weighted by atomic mass is 35.5. The predicted octanol–water partition coefficient (Wildman–Crippen LogP) is 3.02. The topological polar surface area (TPSA) is 129 Å². The lowest BCUT2D eigenvalue weighted by atomic mass is 10.1. The van der Waals surface area contributed by atoms with Crippen LogP contribution in [0.15, 0.2) is 53.5 Å². The smallest absolute Gasteiger partial charge is 0.341 e. The fourth-order valence-electron chi connectivity index (χ4n) is 4.56. The Labute approximate surface area is 221 Å². The molecule has 38 heavy (non-hydrogen) atoms. The summed E-state index contributed by atoms with van der Waals surface area (Å²) in [4.78, 5) is 39.8. The molecule has 1 aromatic heterocycles. The van der Waals surface area contributed by atoms with Gasteiger partial charge in [0.05, 0.1) is 6.54 Å². The number of carboxylic acids is 1. The van der Waals surface area contributed by atoms with Crippen LogP contribution in [0, 0.1) is 11.6 Å². The number of carbonyl (C=O) groups excluding carboxylic acids is 1. The fourth-order valence-corrected chi connectivity index (χ4v) is 4.79. The minimum absolute atomic E-state index is 0.126. The summed E-state index contributed by atoms with van der Waals surface area (Å²) >= 11 is 6.14. The van der Waals surface area contributed by atoms with Gasteiger partial charge in [0.2, 0.25) is 5.43 Å². The highest BCUT2D eigenvalue weighted by Gasteiger charge is 2.41. The lowest BCUT2D eigenvalue weighted by Gasteiger charge is -2.47. The second-order valence-electron chi connectivity index (χ2n) is 8.86. The molecular formula is C26H25ClF2N4O5. The van der Waals surface area contributed by atoms with E-state index in [1.54, 1.807) is 18.2 Å². The van der Waals surface area contributed by atoms with Crippen LogP contribution in [0.25, 0.3) is 0 Å². The van der Waals surface area contributed by atoms with Crippen molar-refractivity contribution in [1.29, 1.82) is 0 Å². The van der Waals surface area contributed by atoms with Gasteiger partial charge in [0, 0.05) is 43.0 Å². The van der Waals surface area contributed by atoms with Crippen molar-refractivity contribution in [3.8, 4) is 5.75 Å². The molecule has 1 amide bonds. The zero-order chi connectivity index (χ0) is 27.6. The summed E-state index contributed by atoms with van der Waals surface area (Å²) in [7, 11) is 0. The Kier molecular flexibility index (Phi) is 8.10. The quantitative estimate of drug-likeness (QED) is 0.459. The maximum Gasteiger partial charge on any atom is 0.341 e. The Morgan fingerprint density at radius 1 is 1.11 bits per heavy atom. The van der Waals surface area contributed by atoms with E-state index in [0.717, 1.165) is 11.8 Å². The van der Waals surface area contributed by atoms with Gasteiger partial charge >= 0.3 is 5.97 Å². The monoisotopic (exact) mass is 546 g/mol. The normalized spacial score (nSPS) is 16.8. The number of hydrogen-bond donors (Lipinski definition) is 3. The summed E-state index contributed by atoms with van der Waals surface area (Å²) in [6, 6.07) is 10.6. The van der Waals surface area contributed by atoms with E-state index >= 15 is 0 Å². The van der Waals surface area contributed by atoms with Gasteiger partial charge in [-0.15, -0.1) is 0 Å². The van der Waals surface area contributed by atoms with Gasteiger partial charge in [0.1, 0.15) is 23.4 Å². The van der Waals surface area contributed by atoms with E-state index in [0.29, 0.717) is 31.6 Å². The molecular weight excluding hydrogens is 522 g/mol. The Hall–Kier alpha value is -3.80. The van der Waals surface area contributed by atoms with Crippen LogP contribution in [0.3, 0.4) is 0 Å². The van der Waals surface area contributed by atoms with Gasteiger partial charge in [-0.05, 0) is 36.2 Å². The number of halogens is 3. The number of pyridine rings is 1. The van der Waals surface area contributed by atoms with Crippen molar-refractivity contribution in [2.75, 3.05) is 13.1 Å². The summed E-state index contributed by atoms with van der Waals surface area (Å²) < 4.78 is 27.7. The second-order valence-corrected chi connectivity index (χ2v) is 9.27. The van der Waals surface area contributed by atoms with Crippen molar-refractivity contribution in [2.45, 2.75) is 32.2 Å². The molecule has 3 aromatic rings. The number of carbonyl (C=O) groups is 2. The zero-order valence-corrected chi connectivity index (χ0v) is 20.9. The molecule has 2 aliphatic heterocycles. The Balaban J connectivity index is 0.000000317. The number of fused-ring (bicyclic) bond motifs is 2. The maximum absolute atomic E-state index is 14.3. The first-order chi connectivity index (χ1) is 18.1. The van der Waals surface area contributed by atoms with E-state index in [2.05, 4.69) is 0 Å². The molecule has 4 N–H and O–H groups in total. The SMILES string of the molecule is NCc1ccc(F)cc1.O=C(O)c1cn2c(c(O)c1=O)C(=O)N1CCCN(Cc3c(F)cccc3Cl)C1C2. The highest BCUT2D eigenvalue weighted by molar-refractivity contribution is 6.31. The van der Waals surface area contributed by atoms with Crippen LogP contribution in [0.1, 0.15) is 38.4 Å². The zero-order valence-electron chi connectivity index (χ0n) is 20.1. The average molecular weight is 547 g/mol. The average Bonchev–Trinajstić information content (AvgIpc) is 2.89. The molecule has 1 unspecified atom stereocenters. The summed E-state index contributed by atoms with van der Waals surface area (Å²) in [5, 5.41) is 19.7. The number of amides is 1. The molecule has 200 valence electrons. The van der Waals surface area contributed by atoms with Crippen molar-refractivity contribution in [3.63, 3.8) is 0 Å². The largest absolute Gasteiger partial charge is 0.503 e. The van der Waals surface area contributed by atoms with E-state index in [-0.39, 0.29) is 29.6 Å². The third-order valence-corrected chi connectivity index (χ3v) is 6.86. The molecule has 1 saturated heterocycles. The third-order valence-electron chi connectivity index (χ3n) is 6.51. The minimum atomic E-state index is -1.49. The third kappa shape index (κ3) is 5.40. The summed E-state index contributed by atoms with van der Waals surface area (Å²) in [5.74, 6) is -3.60. The van der Waals surface area contributed by atoms with E-state index in [1.165, 1.54) is 33.7 Å². The van der Waals surface area contributed by atoms with E-state index in [1.807, 2.05) is 4.90 Å². The van der Waals surface area contributed by atoms with Crippen molar-refractivity contribution in [1.82, 2.24) is 14.4 Å². The number of nitrogens with two attached hydrogens (primary N) is 1. The van der Waals surface area contributed by atoms with E-state index < -0.39 is 40.6 Å². The number of benzene rings is 2. The lowest BCUT2D eigenvalue weighted by Crippen LogP contribution is -2.60. The maximum atomic E-state index is 14.3. The first kappa shape index (κ1) is 27.2. The molecule has 3 heterocycles. The molecule has 1 fully saturated rings. The van der Waals surface area contributed by atoms with Crippen molar-refractivity contribution in [3.05, 3.63) is 97.9 Å². The van der Waals surface area contributed by atoms with Crippen LogP contribution in [0.4, 0.5) is 8.78 Å². The number of aromatic carboxylic acids is 1. The summed E-state index contributed by atoms with van der Waals surface area (Å²) in [5.41, 5.74) is 4.59. The van der Waals surface area contributed by atoms with Crippen LogP contribution in [0.5, 0.6) is 5.75 Å². The standard InChI is InChI=1S/C19H17ClFN3O5.C7H8FN/c20-12-3-1-4-13(21)10(12)7-22-5-2-6-24-14(22)9-23-8-11(19(28)29)16(25)17(26)15(23)18(24)27;8-7-3-1-6(5-9)2-4-7/h1,3-4,8,14,26H,2,5-7,9H2,(H,28,29);1-4H,5,9H2. The van der Waals surface area contributed by atoms with Gasteiger partial charge in [-0.2, -0.15) is 0 Å². The molecule has 2 aliphatic rings. The van der Waals surface area contributed by atoms with Gasteiger partial charge in [-0.3, -0.25) is 14.5 Å². The molecule has 0 radical (unpaired) electrons. The Morgan fingerprint density at radius 3 is 2.45 bits per heavy atom. The van der Waals surface area contributed by atoms with Gasteiger partial charge in [-0.25, -0.2) is 13.6 Å². The number of aromatic hydroxyl groups is 1. The Morgan fingerprint density at radius 2 is 1.82 bits per heavy atom. The number of rotatable bonds is 4. The van der Waals surface area contributed by atoms with Gasteiger partial charge < -0.3 is 25.4 Å². The minimum Gasteiger partial charge on any atom is -0.503 e. The number of nitrogens with zero attached hydrogens (tertiary/aromatic N) is 3. The van der Waals surface area contributed by atoms with E-state index in [4.69, 9.17) is 17.3 Å². The lowest BCUT2D eigenvalue weighted by molar-refractivity contribution is -0.0144. The van der Waals surface area contributed by atoms with Crippen LogP contribution in [0.2, 0.25) is 5.02 Å². The molecule has 12 heteroatoms. The van der Waals surface area contributed by atoms with Gasteiger partial charge in [0.15, 0.2) is 11.4 Å². The number of hydrogen-bond acceptors (Lipinski definition) is 6. The molecule has 0 saturated carbocycles. The molecule has 0 spiro atoms. The number of carboxylic acid groups (broad SMARTS) is 1. The summed E-state index contributed by atoms with van der Waals surface area (Å²) in [6.07, 6.45) is 1.19. The van der Waals surface area contributed by atoms with Crippen LogP contribution in [-0.4, -0.2) is 55.7 Å². The molecule has 9 nitrogen and oxygen atoms in total. The van der Waals surface area contributed by atoms with Crippen molar-refractivity contribution in [2.24, 2.45) is 5.73 Å². The molecule has 0 aliphatic carbocycles.